The van der Waals surface area contributed by atoms with Crippen molar-refractivity contribution in [3.05, 3.63) is 29.3 Å². The van der Waals surface area contributed by atoms with E-state index in [1.54, 1.807) is 0 Å². The fourth-order valence-corrected chi connectivity index (χ4v) is 2.02. The lowest BCUT2D eigenvalue weighted by atomic mass is 9.90. The summed E-state index contributed by atoms with van der Waals surface area (Å²) in [6, 6.07) is 3.81. The Morgan fingerprint density at radius 3 is 2.75 bits per heavy atom. The van der Waals surface area contributed by atoms with Crippen molar-refractivity contribution in [1.29, 1.82) is 0 Å². The summed E-state index contributed by atoms with van der Waals surface area (Å²) >= 11 is 0. The topological polar surface area (TPSA) is 38.0 Å². The molecule has 0 amide bonds. The highest BCUT2D eigenvalue weighted by Crippen LogP contribution is 2.36. The Balaban J connectivity index is 2.39. The number of rotatable bonds is 1. The van der Waals surface area contributed by atoms with Crippen LogP contribution in [0.5, 0.6) is 0 Å². The Morgan fingerprint density at radius 2 is 2.12 bits per heavy atom. The van der Waals surface area contributed by atoms with Crippen LogP contribution in [0.15, 0.2) is 18.2 Å². The average molecular weight is 230 g/mol. The lowest BCUT2D eigenvalue weighted by Gasteiger charge is -2.26. The van der Waals surface area contributed by atoms with Crippen LogP contribution in [0.3, 0.4) is 0 Å². The summed E-state index contributed by atoms with van der Waals surface area (Å²) in [4.78, 5) is 0. The number of halogens is 3. The third-order valence-corrected chi connectivity index (χ3v) is 2.91. The molecule has 1 aromatic carbocycles. The van der Waals surface area contributed by atoms with Gasteiger partial charge in [0.15, 0.2) is 0 Å². The molecule has 16 heavy (non-hydrogen) atoms. The molecule has 1 aliphatic heterocycles. The van der Waals surface area contributed by atoms with Crippen LogP contribution in [0, 0.1) is 0 Å². The zero-order valence-electron chi connectivity index (χ0n) is 8.64. The monoisotopic (exact) mass is 230 g/mol. The van der Waals surface area contributed by atoms with E-state index >= 15 is 0 Å². The van der Waals surface area contributed by atoms with E-state index in [0.29, 0.717) is 18.8 Å². The normalized spacial score (nSPS) is 20.1. The average Bonchev–Trinajstić information content (AvgIpc) is 2.26. The Labute approximate surface area is 91.6 Å². The van der Waals surface area contributed by atoms with Gasteiger partial charge >= 0.3 is 6.18 Å². The smallest absolute Gasteiger partial charge is 0.385 e. The molecule has 0 saturated heterocycles. The Kier molecular flexibility index (Phi) is 2.80. The first-order chi connectivity index (χ1) is 7.52. The first-order valence-corrected chi connectivity index (χ1v) is 5.17. The molecular formula is C11H13F3N2. The van der Waals surface area contributed by atoms with E-state index in [4.69, 9.17) is 5.73 Å². The van der Waals surface area contributed by atoms with Crippen LogP contribution in [0.25, 0.3) is 0 Å². The minimum Gasteiger partial charge on any atom is -0.385 e. The van der Waals surface area contributed by atoms with E-state index in [-0.39, 0.29) is 5.92 Å². The number of nitrogens with two attached hydrogens (primary N) is 1. The van der Waals surface area contributed by atoms with Crippen molar-refractivity contribution >= 4 is 5.69 Å². The van der Waals surface area contributed by atoms with Crippen LogP contribution in [0.2, 0.25) is 0 Å². The second kappa shape index (κ2) is 3.97. The highest BCUT2D eigenvalue weighted by Gasteiger charge is 2.32. The minimum absolute atomic E-state index is 0.165. The summed E-state index contributed by atoms with van der Waals surface area (Å²) in [5.41, 5.74) is 6.43. The van der Waals surface area contributed by atoms with E-state index in [1.807, 2.05) is 0 Å². The van der Waals surface area contributed by atoms with E-state index < -0.39 is 11.7 Å². The van der Waals surface area contributed by atoms with Gasteiger partial charge in [0.1, 0.15) is 0 Å². The molecule has 0 aliphatic carbocycles. The van der Waals surface area contributed by atoms with Gasteiger partial charge in [-0.25, -0.2) is 0 Å². The number of benzene rings is 1. The number of fused-ring (bicyclic) bond motifs is 1. The number of hydrogen-bond donors (Lipinski definition) is 2. The Morgan fingerprint density at radius 1 is 1.38 bits per heavy atom. The second-order valence-corrected chi connectivity index (χ2v) is 3.95. The van der Waals surface area contributed by atoms with Crippen molar-refractivity contribution in [3.8, 4) is 0 Å². The maximum atomic E-state index is 12.5. The molecule has 0 fully saturated rings. The molecule has 0 bridgehead atoms. The van der Waals surface area contributed by atoms with Gasteiger partial charge in [0.05, 0.1) is 5.56 Å². The zero-order valence-corrected chi connectivity index (χ0v) is 8.64. The highest BCUT2D eigenvalue weighted by atomic mass is 19.4. The van der Waals surface area contributed by atoms with Gasteiger partial charge in [-0.3, -0.25) is 0 Å². The summed E-state index contributed by atoms with van der Waals surface area (Å²) < 4.78 is 37.5. The fraction of sp³-hybridized carbons (Fsp3) is 0.455. The van der Waals surface area contributed by atoms with Crippen LogP contribution >= 0.6 is 0 Å². The van der Waals surface area contributed by atoms with E-state index in [0.717, 1.165) is 24.1 Å². The van der Waals surface area contributed by atoms with Crippen molar-refractivity contribution in [2.24, 2.45) is 5.73 Å². The second-order valence-electron chi connectivity index (χ2n) is 3.95. The van der Waals surface area contributed by atoms with Crippen molar-refractivity contribution in [3.63, 3.8) is 0 Å². The van der Waals surface area contributed by atoms with E-state index in [2.05, 4.69) is 5.32 Å². The molecule has 0 spiro atoms. The van der Waals surface area contributed by atoms with Gasteiger partial charge in [0.25, 0.3) is 0 Å². The van der Waals surface area contributed by atoms with Gasteiger partial charge in [0.2, 0.25) is 0 Å². The third kappa shape index (κ3) is 2.00. The largest absolute Gasteiger partial charge is 0.416 e. The minimum atomic E-state index is -4.29. The molecule has 88 valence electrons. The number of nitrogens with one attached hydrogen (secondary N) is 1. The van der Waals surface area contributed by atoms with Crippen molar-refractivity contribution < 1.29 is 13.2 Å². The molecule has 2 nitrogen and oxygen atoms in total. The van der Waals surface area contributed by atoms with Gasteiger partial charge in [-0.2, -0.15) is 13.2 Å². The van der Waals surface area contributed by atoms with Gasteiger partial charge in [0, 0.05) is 12.2 Å². The predicted octanol–water partition coefficient (Wildman–Crippen LogP) is 2.56. The van der Waals surface area contributed by atoms with Gasteiger partial charge in [-0.05, 0) is 36.6 Å². The van der Waals surface area contributed by atoms with Gasteiger partial charge in [-0.15, -0.1) is 0 Å². The van der Waals surface area contributed by atoms with Crippen LogP contribution in [0.4, 0.5) is 18.9 Å². The van der Waals surface area contributed by atoms with Crippen molar-refractivity contribution in [2.45, 2.75) is 18.5 Å². The summed E-state index contributed by atoms with van der Waals surface area (Å²) in [6.45, 7) is 1.15. The maximum Gasteiger partial charge on any atom is 0.416 e. The number of alkyl halides is 3. The maximum absolute atomic E-state index is 12.5. The molecule has 3 N–H and O–H groups in total. The van der Waals surface area contributed by atoms with Crippen LogP contribution in [0.1, 0.15) is 23.5 Å². The molecular weight excluding hydrogens is 217 g/mol. The first kappa shape index (κ1) is 11.3. The SMILES string of the molecule is NCC1CCNc2cc(C(F)(F)F)ccc21. The van der Waals surface area contributed by atoms with Crippen LogP contribution in [-0.4, -0.2) is 13.1 Å². The third-order valence-electron chi connectivity index (χ3n) is 2.91. The molecule has 1 aromatic rings. The van der Waals surface area contributed by atoms with Crippen molar-refractivity contribution in [2.75, 3.05) is 18.4 Å². The van der Waals surface area contributed by atoms with Gasteiger partial charge in [-0.1, -0.05) is 6.07 Å². The number of hydrogen-bond acceptors (Lipinski definition) is 2. The molecule has 5 heteroatoms. The summed E-state index contributed by atoms with van der Waals surface area (Å²) in [6.07, 6.45) is -3.42. The number of anilines is 1. The summed E-state index contributed by atoms with van der Waals surface area (Å²) in [5, 5.41) is 2.98. The van der Waals surface area contributed by atoms with E-state index in [9.17, 15) is 13.2 Å². The molecule has 1 aliphatic rings. The molecule has 0 radical (unpaired) electrons. The molecule has 1 atom stereocenters. The first-order valence-electron chi connectivity index (χ1n) is 5.17. The predicted molar refractivity (Wildman–Crippen MR) is 56.3 cm³/mol. The Hall–Kier alpha value is -1.23. The standard InChI is InChI=1S/C11H13F3N2/c12-11(13,14)8-1-2-9-7(6-15)3-4-16-10(9)5-8/h1-2,5,7,16H,3-4,6,15H2. The molecule has 1 unspecified atom stereocenters. The van der Waals surface area contributed by atoms with Gasteiger partial charge < -0.3 is 11.1 Å². The lowest BCUT2D eigenvalue weighted by molar-refractivity contribution is -0.137. The quantitative estimate of drug-likeness (QED) is 0.778. The van der Waals surface area contributed by atoms with E-state index in [1.165, 1.54) is 6.07 Å². The highest BCUT2D eigenvalue weighted by molar-refractivity contribution is 5.57. The fourth-order valence-electron chi connectivity index (χ4n) is 2.02. The molecule has 0 saturated carbocycles. The zero-order chi connectivity index (χ0) is 11.8. The van der Waals surface area contributed by atoms with Crippen molar-refractivity contribution in [1.82, 2.24) is 0 Å². The molecule has 0 aromatic heterocycles. The van der Waals surface area contributed by atoms with Crippen LogP contribution < -0.4 is 11.1 Å². The Bertz CT molecular complexity index is 387. The molecule has 1 heterocycles. The molecule has 2 rings (SSSR count). The lowest BCUT2D eigenvalue weighted by Crippen LogP contribution is -2.23. The summed E-state index contributed by atoms with van der Waals surface area (Å²) in [7, 11) is 0. The summed E-state index contributed by atoms with van der Waals surface area (Å²) in [5.74, 6) is 0.165. The van der Waals surface area contributed by atoms with Crippen LogP contribution in [-0.2, 0) is 6.18 Å².